The third-order valence-corrected chi connectivity index (χ3v) is 4.66. The molecule has 0 radical (unpaired) electrons. The van der Waals surface area contributed by atoms with Gasteiger partial charge < -0.3 is 14.3 Å². The zero-order valence-corrected chi connectivity index (χ0v) is 15.8. The maximum Gasteiger partial charge on any atom is 0.268 e. The molecule has 148 valence electrons. The summed E-state index contributed by atoms with van der Waals surface area (Å²) in [5, 5.41) is 2.88. The minimum atomic E-state index is -0.921. The highest BCUT2D eigenvalue weighted by atomic mass is 19.2. The number of carbonyl (C=O) groups is 1. The minimum Gasteiger partial charge on any atom is -0.460 e. The van der Waals surface area contributed by atoms with Gasteiger partial charge in [-0.15, -0.1) is 0 Å². The van der Waals surface area contributed by atoms with Gasteiger partial charge in [0.1, 0.15) is 11.5 Å². The van der Waals surface area contributed by atoms with Gasteiger partial charge in [-0.05, 0) is 36.8 Å². The largest absolute Gasteiger partial charge is 0.460 e. The fourth-order valence-electron chi connectivity index (χ4n) is 3.28. The molecule has 0 saturated heterocycles. The average molecular weight is 395 g/mol. The van der Waals surface area contributed by atoms with Crippen molar-refractivity contribution in [3.05, 3.63) is 89.1 Å². The first kappa shape index (κ1) is 18.9. The Labute approximate surface area is 166 Å². The minimum absolute atomic E-state index is 0.211. The van der Waals surface area contributed by atoms with Crippen LogP contribution in [-0.4, -0.2) is 22.0 Å². The van der Waals surface area contributed by atoms with Crippen molar-refractivity contribution in [1.82, 2.24) is 14.9 Å². The van der Waals surface area contributed by atoms with Crippen LogP contribution in [0.5, 0.6) is 0 Å². The van der Waals surface area contributed by atoms with Gasteiger partial charge >= 0.3 is 0 Å². The van der Waals surface area contributed by atoms with Crippen LogP contribution >= 0.6 is 0 Å². The summed E-state index contributed by atoms with van der Waals surface area (Å²) >= 11 is 0. The Balaban J connectivity index is 1.58. The van der Waals surface area contributed by atoms with E-state index in [2.05, 4.69) is 10.3 Å². The molecule has 0 atom stereocenters. The van der Waals surface area contributed by atoms with Crippen molar-refractivity contribution >= 4 is 17.0 Å². The normalized spacial score (nSPS) is 11.1. The Bertz CT molecular complexity index is 1170. The average Bonchev–Trinajstić information content (AvgIpc) is 3.22. The molecule has 0 aliphatic carbocycles. The number of aryl methyl sites for hydroxylation is 1. The molecule has 0 bridgehead atoms. The number of halogens is 2. The maximum absolute atomic E-state index is 13.6. The molecule has 29 heavy (non-hydrogen) atoms. The third-order valence-electron chi connectivity index (χ3n) is 4.66. The van der Waals surface area contributed by atoms with Crippen molar-refractivity contribution in [3.8, 4) is 0 Å². The summed E-state index contributed by atoms with van der Waals surface area (Å²) in [6.07, 6.45) is 2.31. The van der Waals surface area contributed by atoms with E-state index in [1.807, 2.05) is 31.2 Å². The summed E-state index contributed by atoms with van der Waals surface area (Å²) in [5.74, 6) is -1.39. The van der Waals surface area contributed by atoms with Crippen LogP contribution in [0.25, 0.3) is 11.1 Å². The summed E-state index contributed by atoms with van der Waals surface area (Å²) < 4.78 is 34.3. The maximum atomic E-state index is 13.6. The molecule has 1 N–H and O–H groups in total. The lowest BCUT2D eigenvalue weighted by atomic mass is 10.2. The fraction of sp³-hybridized carbons (Fsp3) is 0.182. The van der Waals surface area contributed by atoms with Crippen molar-refractivity contribution in [2.75, 3.05) is 6.54 Å². The van der Waals surface area contributed by atoms with Gasteiger partial charge in [0.15, 0.2) is 17.2 Å². The first-order valence-corrected chi connectivity index (χ1v) is 9.23. The van der Waals surface area contributed by atoms with Crippen LogP contribution in [0.2, 0.25) is 0 Å². The number of amides is 1. The molecule has 1 amide bonds. The molecule has 0 aliphatic rings. The lowest BCUT2D eigenvalue weighted by molar-refractivity contribution is 0.0945. The van der Waals surface area contributed by atoms with E-state index in [4.69, 9.17) is 4.42 Å². The molecule has 4 aromatic rings. The quantitative estimate of drug-likeness (QED) is 0.531. The third kappa shape index (κ3) is 4.03. The van der Waals surface area contributed by atoms with Gasteiger partial charge in [0, 0.05) is 43.5 Å². The number of fused-ring (bicyclic) bond motifs is 1. The number of furan rings is 1. The number of aromatic nitrogens is 2. The van der Waals surface area contributed by atoms with Crippen LogP contribution < -0.4 is 5.32 Å². The number of hydrogen-bond donors (Lipinski definition) is 1. The van der Waals surface area contributed by atoms with E-state index in [0.717, 1.165) is 23.3 Å². The molecule has 4 rings (SSSR count). The fourth-order valence-corrected chi connectivity index (χ4v) is 3.28. The predicted molar refractivity (Wildman–Crippen MR) is 105 cm³/mol. The number of pyridine rings is 1. The molecule has 3 aromatic heterocycles. The molecule has 0 fully saturated rings. The smallest absolute Gasteiger partial charge is 0.268 e. The van der Waals surface area contributed by atoms with Gasteiger partial charge in [-0.2, -0.15) is 0 Å². The van der Waals surface area contributed by atoms with Gasteiger partial charge in [-0.1, -0.05) is 12.1 Å². The molecule has 0 saturated carbocycles. The standard InChI is InChI=1S/C22H19F2N3O2/c1-14-10-19-21(29-14)12-20(22(28)26-9-7-16-4-2-3-8-25-16)27(19)13-15-5-6-17(23)18(24)11-15/h2-6,8,10-12H,7,9,13H2,1H3,(H,26,28). The lowest BCUT2D eigenvalue weighted by Crippen LogP contribution is -2.28. The van der Waals surface area contributed by atoms with Crippen molar-refractivity contribution in [2.24, 2.45) is 0 Å². The van der Waals surface area contributed by atoms with E-state index in [1.165, 1.54) is 6.07 Å². The van der Waals surface area contributed by atoms with Crippen LogP contribution in [0.15, 0.2) is 59.1 Å². The monoisotopic (exact) mass is 395 g/mol. The summed E-state index contributed by atoms with van der Waals surface area (Å²) in [7, 11) is 0. The second-order valence-corrected chi connectivity index (χ2v) is 6.80. The summed E-state index contributed by atoms with van der Waals surface area (Å²) in [5.41, 5.74) is 3.11. The van der Waals surface area contributed by atoms with Crippen LogP contribution in [0.1, 0.15) is 27.5 Å². The molecular formula is C22H19F2N3O2. The van der Waals surface area contributed by atoms with Crippen LogP contribution in [0, 0.1) is 18.6 Å². The zero-order valence-electron chi connectivity index (χ0n) is 15.8. The van der Waals surface area contributed by atoms with Crippen molar-refractivity contribution in [3.63, 3.8) is 0 Å². The molecule has 3 heterocycles. The summed E-state index contributed by atoms with van der Waals surface area (Å²) in [6.45, 7) is 2.45. The number of carbonyl (C=O) groups excluding carboxylic acids is 1. The first-order valence-electron chi connectivity index (χ1n) is 9.23. The highest BCUT2D eigenvalue weighted by molar-refractivity contribution is 5.97. The lowest BCUT2D eigenvalue weighted by Gasteiger charge is -2.11. The van der Waals surface area contributed by atoms with E-state index in [1.54, 1.807) is 16.8 Å². The number of nitrogens with zero attached hydrogens (tertiary/aromatic N) is 2. The van der Waals surface area contributed by atoms with Crippen molar-refractivity contribution < 1.29 is 18.0 Å². The number of benzene rings is 1. The van der Waals surface area contributed by atoms with E-state index < -0.39 is 11.6 Å². The second-order valence-electron chi connectivity index (χ2n) is 6.80. The van der Waals surface area contributed by atoms with E-state index in [0.29, 0.717) is 35.6 Å². The Morgan fingerprint density at radius 3 is 2.76 bits per heavy atom. The Morgan fingerprint density at radius 2 is 2.00 bits per heavy atom. The molecule has 1 aromatic carbocycles. The molecule has 0 spiro atoms. The number of rotatable bonds is 6. The predicted octanol–water partition coefficient (Wildman–Crippen LogP) is 4.24. The second kappa shape index (κ2) is 7.87. The summed E-state index contributed by atoms with van der Waals surface area (Å²) in [4.78, 5) is 17.0. The Hall–Kier alpha value is -3.48. The SMILES string of the molecule is Cc1cc2c(cc(C(=O)NCCc3ccccn3)n2Cc2ccc(F)c(F)c2)o1. The van der Waals surface area contributed by atoms with Crippen molar-refractivity contribution in [1.29, 1.82) is 0 Å². The van der Waals surface area contributed by atoms with Gasteiger partial charge in [-0.3, -0.25) is 9.78 Å². The van der Waals surface area contributed by atoms with E-state index >= 15 is 0 Å². The van der Waals surface area contributed by atoms with Gasteiger partial charge in [-0.25, -0.2) is 8.78 Å². The Kier molecular flexibility index (Phi) is 5.12. The molecule has 5 nitrogen and oxygen atoms in total. The molecule has 7 heteroatoms. The summed E-state index contributed by atoms with van der Waals surface area (Å²) in [6, 6.07) is 12.8. The van der Waals surface area contributed by atoms with Gasteiger partial charge in [0.25, 0.3) is 5.91 Å². The van der Waals surface area contributed by atoms with Crippen LogP contribution in [0.4, 0.5) is 8.78 Å². The topological polar surface area (TPSA) is 60.1 Å². The molecular weight excluding hydrogens is 376 g/mol. The van der Waals surface area contributed by atoms with Crippen LogP contribution in [-0.2, 0) is 13.0 Å². The molecule has 0 unspecified atom stereocenters. The number of nitrogens with one attached hydrogen (secondary N) is 1. The van der Waals surface area contributed by atoms with E-state index in [-0.39, 0.29) is 12.5 Å². The van der Waals surface area contributed by atoms with Crippen LogP contribution in [0.3, 0.4) is 0 Å². The van der Waals surface area contributed by atoms with Gasteiger partial charge in [0.2, 0.25) is 0 Å². The van der Waals surface area contributed by atoms with E-state index in [9.17, 15) is 13.6 Å². The van der Waals surface area contributed by atoms with Crippen molar-refractivity contribution in [2.45, 2.75) is 19.9 Å². The highest BCUT2D eigenvalue weighted by Crippen LogP contribution is 2.25. The van der Waals surface area contributed by atoms with Gasteiger partial charge in [0.05, 0.1) is 5.52 Å². The number of hydrogen-bond acceptors (Lipinski definition) is 3. The first-order chi connectivity index (χ1) is 14.0. The highest BCUT2D eigenvalue weighted by Gasteiger charge is 2.19. The molecule has 0 aliphatic heterocycles. The Morgan fingerprint density at radius 1 is 1.14 bits per heavy atom. The zero-order chi connectivity index (χ0) is 20.4.